The summed E-state index contributed by atoms with van der Waals surface area (Å²) >= 11 is 0. The summed E-state index contributed by atoms with van der Waals surface area (Å²) in [5, 5.41) is 28.8. The molecule has 4 heteroatoms. The molecule has 1 aliphatic carbocycles. The molecule has 0 aromatic heterocycles. The second-order valence-corrected chi connectivity index (χ2v) is 6.91. The SMILES string of the molecule is CCCCC[C@H](O)/C=C\[C@H]1CC[C@@H](O)[C@@H]1C/C=C/CCCC(=O)O. The smallest absolute Gasteiger partial charge is 0.303 e. The number of allylic oxidation sites excluding steroid dienone is 3. The Morgan fingerprint density at radius 2 is 2.00 bits per heavy atom. The first-order chi connectivity index (χ1) is 11.5. The van der Waals surface area contributed by atoms with E-state index in [1.807, 2.05) is 12.2 Å². The molecular weight excluding hydrogens is 304 g/mol. The van der Waals surface area contributed by atoms with E-state index in [1.165, 1.54) is 0 Å². The van der Waals surface area contributed by atoms with Crippen molar-refractivity contribution in [2.45, 2.75) is 83.3 Å². The standard InChI is InChI=1S/C20H34O4/c1-2-3-6-9-17(21)14-12-16-13-15-19(22)18(16)10-7-4-5-8-11-20(23)24/h4,7,12,14,16-19,21-22H,2-3,5-6,8-11,13,15H2,1H3,(H,23,24)/b7-4+,14-12-/t16-,17-,18+,19+/m0/s1. The van der Waals surface area contributed by atoms with Gasteiger partial charge in [-0.2, -0.15) is 0 Å². The van der Waals surface area contributed by atoms with Gasteiger partial charge in [-0.3, -0.25) is 4.79 Å². The van der Waals surface area contributed by atoms with Crippen LogP contribution in [0.1, 0.15) is 71.1 Å². The second kappa shape index (κ2) is 12.3. The highest BCUT2D eigenvalue weighted by molar-refractivity contribution is 5.66. The number of unbranched alkanes of at least 4 members (excludes halogenated alkanes) is 3. The predicted molar refractivity (Wildman–Crippen MR) is 96.8 cm³/mol. The average molecular weight is 338 g/mol. The molecular formula is C20H34O4. The van der Waals surface area contributed by atoms with Crippen LogP contribution in [0.25, 0.3) is 0 Å². The second-order valence-electron chi connectivity index (χ2n) is 6.91. The molecule has 0 spiro atoms. The van der Waals surface area contributed by atoms with Crippen molar-refractivity contribution in [2.24, 2.45) is 11.8 Å². The summed E-state index contributed by atoms with van der Waals surface area (Å²) in [5.74, 6) is -0.221. The lowest BCUT2D eigenvalue weighted by molar-refractivity contribution is -0.137. The zero-order valence-corrected chi connectivity index (χ0v) is 14.9. The number of carboxylic acids is 1. The van der Waals surface area contributed by atoms with Crippen molar-refractivity contribution >= 4 is 5.97 Å². The Labute approximate surface area is 146 Å². The largest absolute Gasteiger partial charge is 0.481 e. The summed E-state index contributed by atoms with van der Waals surface area (Å²) in [4.78, 5) is 10.5. The van der Waals surface area contributed by atoms with Crippen LogP contribution >= 0.6 is 0 Å². The van der Waals surface area contributed by atoms with E-state index in [9.17, 15) is 15.0 Å². The normalized spacial score (nSPS) is 25.7. The molecule has 0 saturated heterocycles. The molecule has 0 amide bonds. The van der Waals surface area contributed by atoms with Gasteiger partial charge in [0.05, 0.1) is 12.2 Å². The van der Waals surface area contributed by atoms with Gasteiger partial charge in [0.1, 0.15) is 0 Å². The number of carbonyl (C=O) groups is 1. The Morgan fingerprint density at radius 3 is 2.71 bits per heavy atom. The number of aliphatic hydroxyl groups excluding tert-OH is 2. The number of carboxylic acid groups (broad SMARTS) is 1. The van der Waals surface area contributed by atoms with E-state index < -0.39 is 5.97 Å². The van der Waals surface area contributed by atoms with E-state index >= 15 is 0 Å². The third-order valence-electron chi connectivity index (χ3n) is 4.86. The topological polar surface area (TPSA) is 77.8 Å². The number of aliphatic carboxylic acids is 1. The maximum Gasteiger partial charge on any atom is 0.303 e. The summed E-state index contributed by atoms with van der Waals surface area (Å²) in [6.45, 7) is 2.15. The third kappa shape index (κ3) is 8.65. The lowest BCUT2D eigenvalue weighted by Crippen LogP contribution is -2.17. The van der Waals surface area contributed by atoms with Crippen LogP contribution in [0.5, 0.6) is 0 Å². The van der Waals surface area contributed by atoms with Crippen molar-refractivity contribution in [1.29, 1.82) is 0 Å². The van der Waals surface area contributed by atoms with Gasteiger partial charge >= 0.3 is 5.97 Å². The van der Waals surface area contributed by atoms with E-state index in [0.717, 1.165) is 51.4 Å². The number of rotatable bonds is 12. The molecule has 0 aromatic rings. The van der Waals surface area contributed by atoms with Gasteiger partial charge in [0.15, 0.2) is 0 Å². The fourth-order valence-corrected chi connectivity index (χ4v) is 3.36. The monoisotopic (exact) mass is 338 g/mol. The van der Waals surface area contributed by atoms with Crippen LogP contribution < -0.4 is 0 Å². The van der Waals surface area contributed by atoms with Crippen molar-refractivity contribution in [2.75, 3.05) is 0 Å². The van der Waals surface area contributed by atoms with Crippen LogP contribution in [0, 0.1) is 11.8 Å². The van der Waals surface area contributed by atoms with Gasteiger partial charge in [-0.25, -0.2) is 0 Å². The molecule has 0 heterocycles. The third-order valence-corrected chi connectivity index (χ3v) is 4.86. The first-order valence-electron chi connectivity index (χ1n) is 9.45. The molecule has 1 aliphatic rings. The highest BCUT2D eigenvalue weighted by atomic mass is 16.4. The van der Waals surface area contributed by atoms with Gasteiger partial charge in [0.25, 0.3) is 0 Å². The van der Waals surface area contributed by atoms with E-state index in [2.05, 4.69) is 19.1 Å². The highest BCUT2D eigenvalue weighted by Crippen LogP contribution is 2.36. The Bertz CT molecular complexity index is 402. The van der Waals surface area contributed by atoms with Crippen LogP contribution in [-0.2, 0) is 4.79 Å². The van der Waals surface area contributed by atoms with E-state index in [4.69, 9.17) is 5.11 Å². The fraction of sp³-hybridized carbons (Fsp3) is 0.750. The van der Waals surface area contributed by atoms with Gasteiger partial charge in [0.2, 0.25) is 0 Å². The number of hydrogen-bond acceptors (Lipinski definition) is 3. The molecule has 4 atom stereocenters. The summed E-state index contributed by atoms with van der Waals surface area (Å²) in [6.07, 6.45) is 15.9. The van der Waals surface area contributed by atoms with Crippen LogP contribution in [0.3, 0.4) is 0 Å². The molecule has 24 heavy (non-hydrogen) atoms. The molecule has 1 saturated carbocycles. The number of aliphatic hydroxyl groups is 2. The maximum atomic E-state index is 10.5. The average Bonchev–Trinajstić information content (AvgIpc) is 2.89. The van der Waals surface area contributed by atoms with Gasteiger partial charge in [-0.15, -0.1) is 0 Å². The Kier molecular flexibility index (Phi) is 10.7. The zero-order chi connectivity index (χ0) is 17.8. The summed E-state index contributed by atoms with van der Waals surface area (Å²) < 4.78 is 0. The van der Waals surface area contributed by atoms with Crippen LogP contribution in [0.15, 0.2) is 24.3 Å². The fourth-order valence-electron chi connectivity index (χ4n) is 3.36. The minimum Gasteiger partial charge on any atom is -0.481 e. The Morgan fingerprint density at radius 1 is 1.21 bits per heavy atom. The van der Waals surface area contributed by atoms with Gasteiger partial charge in [0, 0.05) is 6.42 Å². The highest BCUT2D eigenvalue weighted by Gasteiger charge is 2.32. The van der Waals surface area contributed by atoms with E-state index in [1.54, 1.807) is 0 Å². The zero-order valence-electron chi connectivity index (χ0n) is 14.9. The van der Waals surface area contributed by atoms with Crippen LogP contribution in [0.2, 0.25) is 0 Å². The van der Waals surface area contributed by atoms with E-state index in [-0.39, 0.29) is 24.5 Å². The molecule has 0 aliphatic heterocycles. The lowest BCUT2D eigenvalue weighted by atomic mass is 9.90. The molecule has 0 radical (unpaired) electrons. The van der Waals surface area contributed by atoms with E-state index in [0.29, 0.717) is 12.3 Å². The molecule has 1 rings (SSSR count). The van der Waals surface area contributed by atoms with Gasteiger partial charge in [-0.05, 0) is 50.4 Å². The molecule has 1 fully saturated rings. The van der Waals surface area contributed by atoms with Crippen molar-refractivity contribution in [3.8, 4) is 0 Å². The lowest BCUT2D eigenvalue weighted by Gasteiger charge is -2.18. The molecule has 3 N–H and O–H groups in total. The first-order valence-corrected chi connectivity index (χ1v) is 9.45. The van der Waals surface area contributed by atoms with Gasteiger partial charge in [-0.1, -0.05) is 50.5 Å². The minimum absolute atomic E-state index is 0.206. The molecule has 0 bridgehead atoms. The van der Waals surface area contributed by atoms with Crippen LogP contribution in [-0.4, -0.2) is 33.5 Å². The number of hydrogen-bond donors (Lipinski definition) is 3. The predicted octanol–water partition coefficient (Wildman–Crippen LogP) is 4.07. The van der Waals surface area contributed by atoms with Crippen molar-refractivity contribution < 1.29 is 20.1 Å². The molecule has 138 valence electrons. The van der Waals surface area contributed by atoms with Crippen molar-refractivity contribution in [1.82, 2.24) is 0 Å². The quantitative estimate of drug-likeness (QED) is 0.370. The van der Waals surface area contributed by atoms with Crippen molar-refractivity contribution in [3.63, 3.8) is 0 Å². The molecule has 0 unspecified atom stereocenters. The van der Waals surface area contributed by atoms with Crippen molar-refractivity contribution in [3.05, 3.63) is 24.3 Å². The minimum atomic E-state index is -0.752. The summed E-state index contributed by atoms with van der Waals surface area (Å²) in [7, 11) is 0. The summed E-state index contributed by atoms with van der Waals surface area (Å²) in [6, 6.07) is 0. The maximum absolute atomic E-state index is 10.5. The molecule has 0 aromatic carbocycles. The van der Waals surface area contributed by atoms with Crippen LogP contribution in [0.4, 0.5) is 0 Å². The van der Waals surface area contributed by atoms with Gasteiger partial charge < -0.3 is 15.3 Å². The Hall–Kier alpha value is -1.13. The first kappa shape index (κ1) is 20.9. The Balaban J connectivity index is 2.35. The molecule has 4 nitrogen and oxygen atoms in total. The summed E-state index contributed by atoms with van der Waals surface area (Å²) in [5.41, 5.74) is 0.